The molecule has 0 spiro atoms. The monoisotopic (exact) mass is 466 g/mol. The van der Waals surface area contributed by atoms with Gasteiger partial charge in [-0.15, -0.1) is 0 Å². The Balaban J connectivity index is 1.29. The van der Waals surface area contributed by atoms with Crippen molar-refractivity contribution in [3.8, 4) is 5.75 Å². The zero-order valence-electron chi connectivity index (χ0n) is 17.9. The van der Waals surface area contributed by atoms with Crippen molar-refractivity contribution in [2.75, 3.05) is 16.3 Å². The summed E-state index contributed by atoms with van der Waals surface area (Å²) in [5.74, 6) is -1.91. The largest absolute Gasteiger partial charge is 0.426 e. The zero-order valence-corrected chi connectivity index (χ0v) is 18.7. The molecule has 0 N–H and O–H groups in total. The summed E-state index contributed by atoms with van der Waals surface area (Å²) in [6.07, 6.45) is 3.44. The first-order valence-corrected chi connectivity index (χ1v) is 11.6. The summed E-state index contributed by atoms with van der Waals surface area (Å²) < 4.78 is 5.55. The van der Waals surface area contributed by atoms with E-state index in [2.05, 4.69) is 0 Å². The van der Waals surface area contributed by atoms with Gasteiger partial charge in [0.25, 0.3) is 0 Å². The minimum atomic E-state index is -0.616. The second-order valence-corrected chi connectivity index (χ2v) is 9.25. The first-order chi connectivity index (χ1) is 15.9. The molecular weight excluding hydrogens is 444 g/mol. The van der Waals surface area contributed by atoms with Crippen LogP contribution >= 0.6 is 11.6 Å². The quantitative estimate of drug-likeness (QED) is 0.386. The summed E-state index contributed by atoms with van der Waals surface area (Å²) in [7, 11) is 0. The number of carbonyl (C=O) groups excluding carboxylic acids is 4. The Morgan fingerprint density at radius 2 is 1.58 bits per heavy atom. The average Bonchev–Trinajstić information content (AvgIpc) is 3.32. The second-order valence-electron chi connectivity index (χ2n) is 8.81. The van der Waals surface area contributed by atoms with E-state index in [-0.39, 0.29) is 48.3 Å². The van der Waals surface area contributed by atoms with E-state index in [1.165, 1.54) is 4.90 Å². The van der Waals surface area contributed by atoms with Crippen LogP contribution in [-0.4, -0.2) is 30.2 Å². The molecule has 8 heteroatoms. The number of hydrogen-bond donors (Lipinski definition) is 0. The lowest BCUT2D eigenvalue weighted by Crippen LogP contribution is -2.31. The number of hydrogen-bond acceptors (Lipinski definition) is 5. The summed E-state index contributed by atoms with van der Waals surface area (Å²) in [6.45, 7) is 0.214. The number of ether oxygens (including phenoxy) is 1. The number of benzene rings is 2. The van der Waals surface area contributed by atoms with E-state index in [1.54, 1.807) is 53.4 Å². The third kappa shape index (κ3) is 4.02. The number of carbonyl (C=O) groups is 4. The van der Waals surface area contributed by atoms with Gasteiger partial charge in [0.15, 0.2) is 0 Å². The molecule has 170 valence electrons. The maximum atomic E-state index is 12.9. The van der Waals surface area contributed by atoms with Crippen molar-refractivity contribution in [1.82, 2.24) is 0 Å². The Bertz CT molecular complexity index is 1110. The number of imide groups is 1. The average molecular weight is 467 g/mol. The number of halogens is 1. The highest BCUT2D eigenvalue weighted by Crippen LogP contribution is 2.40. The van der Waals surface area contributed by atoms with E-state index in [9.17, 15) is 19.2 Å². The van der Waals surface area contributed by atoms with Gasteiger partial charge in [0.05, 0.1) is 23.4 Å². The fourth-order valence-corrected chi connectivity index (χ4v) is 5.16. The van der Waals surface area contributed by atoms with Crippen LogP contribution in [-0.2, 0) is 19.2 Å². The van der Waals surface area contributed by atoms with Crippen molar-refractivity contribution in [2.45, 2.75) is 32.1 Å². The summed E-state index contributed by atoms with van der Waals surface area (Å²) in [5, 5.41) is 0.565. The molecule has 33 heavy (non-hydrogen) atoms. The summed E-state index contributed by atoms with van der Waals surface area (Å²) in [6, 6.07) is 13.3. The van der Waals surface area contributed by atoms with Gasteiger partial charge in [0, 0.05) is 29.7 Å². The molecule has 3 amide bonds. The highest BCUT2D eigenvalue weighted by Gasteiger charge is 2.48. The highest BCUT2D eigenvalue weighted by molar-refractivity contribution is 6.30. The lowest BCUT2D eigenvalue weighted by molar-refractivity contribution is -0.139. The predicted octanol–water partition coefficient (Wildman–Crippen LogP) is 3.98. The summed E-state index contributed by atoms with van der Waals surface area (Å²) in [4.78, 5) is 53.8. The van der Waals surface area contributed by atoms with Crippen LogP contribution in [0.2, 0.25) is 5.02 Å². The maximum Gasteiger partial charge on any atom is 0.316 e. The lowest BCUT2D eigenvalue weighted by Gasteiger charge is -2.19. The Labute approximate surface area is 196 Å². The molecule has 2 saturated heterocycles. The number of nitrogens with zero attached hydrogens (tertiary/aromatic N) is 2. The molecule has 3 aliphatic rings. The van der Waals surface area contributed by atoms with Crippen molar-refractivity contribution in [2.24, 2.45) is 17.8 Å². The van der Waals surface area contributed by atoms with Crippen molar-refractivity contribution < 1.29 is 23.9 Å². The molecule has 3 atom stereocenters. The molecule has 1 aliphatic carbocycles. The first-order valence-electron chi connectivity index (χ1n) is 11.2. The molecule has 7 nitrogen and oxygen atoms in total. The number of rotatable bonds is 4. The van der Waals surface area contributed by atoms with Gasteiger partial charge in [-0.3, -0.25) is 19.2 Å². The predicted molar refractivity (Wildman–Crippen MR) is 122 cm³/mol. The topological polar surface area (TPSA) is 84.0 Å². The van der Waals surface area contributed by atoms with Crippen molar-refractivity contribution in [1.29, 1.82) is 0 Å². The van der Waals surface area contributed by atoms with Gasteiger partial charge in [0.1, 0.15) is 5.75 Å². The van der Waals surface area contributed by atoms with Crippen LogP contribution in [0.5, 0.6) is 5.75 Å². The van der Waals surface area contributed by atoms with Gasteiger partial charge < -0.3 is 9.64 Å². The van der Waals surface area contributed by atoms with Crippen LogP contribution in [0.25, 0.3) is 0 Å². The normalized spacial score (nSPS) is 24.9. The number of fused-ring (bicyclic) bond motifs is 1. The van der Waals surface area contributed by atoms with E-state index >= 15 is 0 Å². The first kappa shape index (κ1) is 21.6. The molecule has 0 aromatic heterocycles. The molecule has 2 heterocycles. The van der Waals surface area contributed by atoms with Crippen LogP contribution in [0.3, 0.4) is 0 Å². The molecular formula is C25H23ClN2O5. The number of esters is 1. The fourth-order valence-electron chi connectivity index (χ4n) is 5.04. The summed E-state index contributed by atoms with van der Waals surface area (Å²) >= 11 is 5.91. The Hall–Kier alpha value is -3.19. The molecule has 2 aliphatic heterocycles. The van der Waals surface area contributed by atoms with Crippen molar-refractivity contribution >= 4 is 46.7 Å². The number of amides is 3. The standard InChI is InChI=1S/C25H23ClN2O5/c26-16-8-10-17(11-9-16)27-14-15(12-22(27)29)25(32)33-19-5-3-4-18(13-19)28-23(30)20-6-1-2-7-21(20)24(28)31/h3-5,8-11,13,15,20-21H,1-2,6-7,12,14H2/t15-,20+,21+/m1/s1. The second kappa shape index (κ2) is 8.63. The SMILES string of the molecule is O=C(Oc1cccc(N2C(=O)[C@H]3CCCC[C@@H]3C2=O)c1)[C@@H]1CC(=O)N(c2ccc(Cl)cc2)C1. The number of anilines is 2. The lowest BCUT2D eigenvalue weighted by atomic mass is 9.81. The Morgan fingerprint density at radius 3 is 2.24 bits per heavy atom. The third-order valence-electron chi connectivity index (χ3n) is 6.73. The molecule has 2 aromatic rings. The minimum Gasteiger partial charge on any atom is -0.426 e. The smallest absolute Gasteiger partial charge is 0.316 e. The van der Waals surface area contributed by atoms with E-state index in [4.69, 9.17) is 16.3 Å². The van der Waals surface area contributed by atoms with Gasteiger partial charge in [-0.25, -0.2) is 4.90 Å². The third-order valence-corrected chi connectivity index (χ3v) is 6.98. The van der Waals surface area contributed by atoms with Gasteiger partial charge in [-0.05, 0) is 49.2 Å². The van der Waals surface area contributed by atoms with Crippen LogP contribution in [0, 0.1) is 17.8 Å². The molecule has 2 aromatic carbocycles. The van der Waals surface area contributed by atoms with E-state index in [0.29, 0.717) is 16.4 Å². The van der Waals surface area contributed by atoms with Crippen LogP contribution in [0.15, 0.2) is 48.5 Å². The van der Waals surface area contributed by atoms with E-state index in [1.807, 2.05) is 0 Å². The molecule has 1 saturated carbocycles. The minimum absolute atomic E-state index is 0.0492. The van der Waals surface area contributed by atoms with Crippen LogP contribution in [0.1, 0.15) is 32.1 Å². The van der Waals surface area contributed by atoms with E-state index in [0.717, 1.165) is 25.7 Å². The Morgan fingerprint density at radius 1 is 0.909 bits per heavy atom. The molecule has 3 fully saturated rings. The van der Waals surface area contributed by atoms with Gasteiger partial charge >= 0.3 is 5.97 Å². The van der Waals surface area contributed by atoms with Crippen molar-refractivity contribution in [3.05, 3.63) is 53.6 Å². The van der Waals surface area contributed by atoms with Crippen LogP contribution < -0.4 is 14.5 Å². The van der Waals surface area contributed by atoms with Gasteiger partial charge in [-0.1, -0.05) is 30.5 Å². The summed E-state index contributed by atoms with van der Waals surface area (Å²) in [5.41, 5.74) is 1.09. The molecule has 0 bridgehead atoms. The highest BCUT2D eigenvalue weighted by atomic mass is 35.5. The molecule has 0 unspecified atom stereocenters. The zero-order chi connectivity index (χ0) is 23.1. The van der Waals surface area contributed by atoms with Gasteiger partial charge in [-0.2, -0.15) is 0 Å². The Kier molecular flexibility index (Phi) is 5.66. The maximum absolute atomic E-state index is 12.9. The molecule has 0 radical (unpaired) electrons. The van der Waals surface area contributed by atoms with Crippen molar-refractivity contribution in [3.63, 3.8) is 0 Å². The molecule has 5 rings (SSSR count). The van der Waals surface area contributed by atoms with E-state index < -0.39 is 11.9 Å². The van der Waals surface area contributed by atoms with Gasteiger partial charge in [0.2, 0.25) is 17.7 Å². The van der Waals surface area contributed by atoms with Crippen LogP contribution in [0.4, 0.5) is 11.4 Å². The fraction of sp³-hybridized carbons (Fsp3) is 0.360.